The molecule has 3 rings (SSSR count). The van der Waals surface area contributed by atoms with E-state index in [2.05, 4.69) is 10.2 Å². The van der Waals surface area contributed by atoms with Crippen molar-refractivity contribution in [3.05, 3.63) is 81.5 Å². The number of hydrogen-bond donors (Lipinski definition) is 1. The van der Waals surface area contributed by atoms with Crippen LogP contribution in [0.2, 0.25) is 0 Å². The zero-order valence-corrected chi connectivity index (χ0v) is 14.5. The standard InChI is InChI=1S/C19H20N4O2/c1-22(2)15-7-4-13(5-8-15)19(25)17-10-9-16(23(17)3)12-14-6-11-18(24)21-20-14/h4-11H,12H2,1-3H3,(H,21,24). The normalized spacial score (nSPS) is 10.7. The number of anilines is 1. The van der Waals surface area contributed by atoms with Crippen LogP contribution in [0.1, 0.15) is 27.4 Å². The number of nitrogens with zero attached hydrogens (tertiary/aromatic N) is 3. The highest BCUT2D eigenvalue weighted by molar-refractivity contribution is 6.08. The first-order chi connectivity index (χ1) is 12.0. The van der Waals surface area contributed by atoms with Crippen molar-refractivity contribution < 1.29 is 4.79 Å². The molecule has 2 heterocycles. The van der Waals surface area contributed by atoms with Gasteiger partial charge in [-0.05, 0) is 42.5 Å². The van der Waals surface area contributed by atoms with Gasteiger partial charge in [-0.1, -0.05) is 0 Å². The van der Waals surface area contributed by atoms with Gasteiger partial charge in [-0.25, -0.2) is 5.10 Å². The molecule has 0 atom stereocenters. The van der Waals surface area contributed by atoms with Gasteiger partial charge < -0.3 is 9.47 Å². The summed E-state index contributed by atoms with van der Waals surface area (Å²) in [6, 6.07) is 14.4. The average molecular weight is 336 g/mol. The maximum Gasteiger partial charge on any atom is 0.264 e. The Kier molecular flexibility index (Phi) is 4.52. The lowest BCUT2D eigenvalue weighted by Gasteiger charge is -2.12. The lowest BCUT2D eigenvalue weighted by atomic mass is 10.1. The second-order valence-electron chi connectivity index (χ2n) is 6.13. The fourth-order valence-electron chi connectivity index (χ4n) is 2.68. The SMILES string of the molecule is CN(C)c1ccc(C(=O)c2ccc(Cc3ccc(=O)[nH]n3)n2C)cc1. The van der Waals surface area contributed by atoms with Crippen LogP contribution < -0.4 is 10.5 Å². The number of nitrogens with one attached hydrogen (secondary N) is 1. The number of rotatable bonds is 5. The molecule has 0 fully saturated rings. The van der Waals surface area contributed by atoms with Gasteiger partial charge in [0.15, 0.2) is 0 Å². The number of H-pyrrole nitrogens is 1. The highest BCUT2D eigenvalue weighted by Crippen LogP contribution is 2.18. The van der Waals surface area contributed by atoms with E-state index in [1.165, 1.54) is 6.07 Å². The van der Waals surface area contributed by atoms with Crippen molar-refractivity contribution in [3.63, 3.8) is 0 Å². The van der Waals surface area contributed by atoms with E-state index in [-0.39, 0.29) is 11.3 Å². The topological polar surface area (TPSA) is 71.0 Å². The smallest absolute Gasteiger partial charge is 0.264 e. The zero-order valence-electron chi connectivity index (χ0n) is 14.5. The van der Waals surface area contributed by atoms with E-state index in [1.807, 2.05) is 67.0 Å². The molecule has 2 aromatic heterocycles. The molecule has 0 aliphatic heterocycles. The first-order valence-electron chi connectivity index (χ1n) is 7.97. The Morgan fingerprint density at radius 2 is 1.80 bits per heavy atom. The van der Waals surface area contributed by atoms with Gasteiger partial charge in [0.2, 0.25) is 5.78 Å². The molecule has 1 N–H and O–H groups in total. The van der Waals surface area contributed by atoms with Crippen molar-refractivity contribution in [2.24, 2.45) is 7.05 Å². The van der Waals surface area contributed by atoms with Gasteiger partial charge in [0.25, 0.3) is 5.56 Å². The Morgan fingerprint density at radius 3 is 2.40 bits per heavy atom. The molecule has 128 valence electrons. The molecule has 0 unspecified atom stereocenters. The number of aromatic amines is 1. The third-order valence-corrected chi connectivity index (χ3v) is 4.20. The van der Waals surface area contributed by atoms with Crippen molar-refractivity contribution >= 4 is 11.5 Å². The fourth-order valence-corrected chi connectivity index (χ4v) is 2.68. The van der Waals surface area contributed by atoms with Crippen LogP contribution in [-0.4, -0.2) is 34.6 Å². The largest absolute Gasteiger partial charge is 0.378 e. The van der Waals surface area contributed by atoms with Gasteiger partial charge in [0.05, 0.1) is 11.4 Å². The highest BCUT2D eigenvalue weighted by atomic mass is 16.1. The third-order valence-electron chi connectivity index (χ3n) is 4.20. The Morgan fingerprint density at radius 1 is 1.08 bits per heavy atom. The van der Waals surface area contributed by atoms with Crippen molar-refractivity contribution in [2.75, 3.05) is 19.0 Å². The molecular formula is C19H20N4O2. The lowest BCUT2D eigenvalue weighted by molar-refractivity contribution is 0.103. The van der Waals surface area contributed by atoms with Crippen LogP contribution in [0.4, 0.5) is 5.69 Å². The molecule has 3 aromatic rings. The molecule has 6 heteroatoms. The van der Waals surface area contributed by atoms with E-state index < -0.39 is 0 Å². The number of carbonyl (C=O) groups is 1. The van der Waals surface area contributed by atoms with Gasteiger partial charge in [0.1, 0.15) is 0 Å². The van der Waals surface area contributed by atoms with E-state index in [1.54, 1.807) is 6.07 Å². The summed E-state index contributed by atoms with van der Waals surface area (Å²) >= 11 is 0. The molecule has 0 saturated heterocycles. The first-order valence-corrected chi connectivity index (χ1v) is 7.97. The molecule has 0 bridgehead atoms. The monoisotopic (exact) mass is 336 g/mol. The van der Waals surface area contributed by atoms with Crippen LogP contribution in [0.15, 0.2) is 53.3 Å². The summed E-state index contributed by atoms with van der Waals surface area (Å²) in [7, 11) is 5.79. The summed E-state index contributed by atoms with van der Waals surface area (Å²) in [5, 5.41) is 6.44. The van der Waals surface area contributed by atoms with Gasteiger partial charge in [-0.2, -0.15) is 5.10 Å². The van der Waals surface area contributed by atoms with E-state index in [4.69, 9.17) is 0 Å². The minimum atomic E-state index is -0.229. The zero-order chi connectivity index (χ0) is 18.0. The van der Waals surface area contributed by atoms with Gasteiger partial charge in [-0.15, -0.1) is 0 Å². The molecule has 0 aliphatic rings. The van der Waals surface area contributed by atoms with E-state index in [0.29, 0.717) is 17.7 Å². The highest BCUT2D eigenvalue weighted by Gasteiger charge is 2.15. The van der Waals surface area contributed by atoms with Crippen LogP contribution >= 0.6 is 0 Å². The molecule has 0 saturated carbocycles. The number of aromatic nitrogens is 3. The summed E-state index contributed by atoms with van der Waals surface area (Å²) in [6.07, 6.45) is 0.542. The molecule has 0 amide bonds. The molecule has 1 aromatic carbocycles. The molecular weight excluding hydrogens is 316 g/mol. The van der Waals surface area contributed by atoms with Crippen LogP contribution in [0.3, 0.4) is 0 Å². The summed E-state index contributed by atoms with van der Waals surface area (Å²) in [5.41, 5.74) is 3.79. The van der Waals surface area contributed by atoms with Crippen LogP contribution in [0.25, 0.3) is 0 Å². The summed E-state index contributed by atoms with van der Waals surface area (Å²) < 4.78 is 1.87. The Balaban J connectivity index is 1.83. The van der Waals surface area contributed by atoms with Crippen LogP contribution in [0, 0.1) is 0 Å². The predicted molar refractivity (Wildman–Crippen MR) is 97.3 cm³/mol. The second-order valence-corrected chi connectivity index (χ2v) is 6.13. The Hall–Kier alpha value is -3.15. The molecule has 0 radical (unpaired) electrons. The van der Waals surface area contributed by atoms with E-state index in [9.17, 15) is 9.59 Å². The summed E-state index contributed by atoms with van der Waals surface area (Å²) in [4.78, 5) is 25.8. The van der Waals surface area contributed by atoms with Crippen molar-refractivity contribution in [3.8, 4) is 0 Å². The minimum absolute atomic E-state index is 0.0199. The van der Waals surface area contributed by atoms with Gasteiger partial charge in [0, 0.05) is 50.6 Å². The van der Waals surface area contributed by atoms with E-state index >= 15 is 0 Å². The fraction of sp³-hybridized carbons (Fsp3) is 0.211. The first kappa shape index (κ1) is 16.7. The Labute approximate surface area is 145 Å². The van der Waals surface area contributed by atoms with Gasteiger partial charge in [-0.3, -0.25) is 9.59 Å². The second kappa shape index (κ2) is 6.76. The maximum atomic E-state index is 12.8. The summed E-state index contributed by atoms with van der Waals surface area (Å²) in [5.74, 6) is -0.0199. The van der Waals surface area contributed by atoms with Gasteiger partial charge >= 0.3 is 0 Å². The lowest BCUT2D eigenvalue weighted by Crippen LogP contribution is -2.12. The number of benzene rings is 1. The average Bonchev–Trinajstić information content (AvgIpc) is 2.97. The van der Waals surface area contributed by atoms with Crippen molar-refractivity contribution in [1.29, 1.82) is 0 Å². The predicted octanol–water partition coefficient (Wildman–Crippen LogP) is 2.00. The Bertz CT molecular complexity index is 932. The minimum Gasteiger partial charge on any atom is -0.378 e. The van der Waals surface area contributed by atoms with Crippen molar-refractivity contribution in [2.45, 2.75) is 6.42 Å². The molecule has 6 nitrogen and oxygen atoms in total. The number of hydrogen-bond acceptors (Lipinski definition) is 4. The molecule has 0 spiro atoms. The van der Waals surface area contributed by atoms with Crippen LogP contribution in [-0.2, 0) is 13.5 Å². The third kappa shape index (κ3) is 3.52. The van der Waals surface area contributed by atoms with Crippen LogP contribution in [0.5, 0.6) is 0 Å². The summed E-state index contributed by atoms with van der Waals surface area (Å²) in [6.45, 7) is 0. The van der Waals surface area contributed by atoms with Crippen molar-refractivity contribution in [1.82, 2.24) is 14.8 Å². The molecule has 25 heavy (non-hydrogen) atoms. The molecule has 0 aliphatic carbocycles. The number of carbonyl (C=O) groups excluding carboxylic acids is 1. The van der Waals surface area contributed by atoms with E-state index in [0.717, 1.165) is 17.1 Å². The maximum absolute atomic E-state index is 12.8. The quantitative estimate of drug-likeness (QED) is 0.724. The number of ketones is 1.